The first kappa shape index (κ1) is 10.1. The molecule has 0 nitrogen and oxygen atoms in total. The lowest BCUT2D eigenvalue weighted by Crippen LogP contribution is -2.00. The van der Waals surface area contributed by atoms with Gasteiger partial charge in [0, 0.05) is 10.4 Å². The van der Waals surface area contributed by atoms with Crippen LogP contribution in [0.15, 0.2) is 24.3 Å². The summed E-state index contributed by atoms with van der Waals surface area (Å²) < 4.78 is 0. The largest absolute Gasteiger partial charge is 0.0925 e. The Morgan fingerprint density at radius 1 is 1.50 bits per heavy atom. The number of hydrogen-bond donors (Lipinski definition) is 0. The molecule has 1 aromatic rings. The second-order valence-corrected chi connectivity index (χ2v) is 4.18. The monoisotopic (exact) mass is 246 g/mol. The predicted molar refractivity (Wildman–Crippen MR) is 58.1 cm³/mol. The molecule has 0 saturated carbocycles. The van der Waals surface area contributed by atoms with E-state index in [1.165, 1.54) is 5.56 Å². The molecule has 0 fully saturated rings. The van der Waals surface area contributed by atoms with Crippen molar-refractivity contribution < 1.29 is 0 Å². The fourth-order valence-electron chi connectivity index (χ4n) is 1.12. The molecule has 0 spiro atoms. The average Bonchev–Trinajstić information content (AvgIpc) is 2.04. The minimum absolute atomic E-state index is 0.670. The van der Waals surface area contributed by atoms with Crippen LogP contribution in [0.25, 0.3) is 0 Å². The van der Waals surface area contributed by atoms with Crippen LogP contribution in [0.3, 0.4) is 0 Å². The Morgan fingerprint density at radius 2 is 2.25 bits per heavy atom. The molecule has 1 atom stereocenters. The van der Waals surface area contributed by atoms with Crippen molar-refractivity contribution in [2.45, 2.75) is 13.3 Å². The molecule has 0 aromatic heterocycles. The first-order valence-corrected chi connectivity index (χ1v) is 5.52. The van der Waals surface area contributed by atoms with Crippen molar-refractivity contribution in [3.05, 3.63) is 34.9 Å². The number of benzene rings is 1. The summed E-state index contributed by atoms with van der Waals surface area (Å²) in [5.41, 5.74) is 1.31. The smallest absolute Gasteiger partial charge is 0.0408 e. The Kier molecular flexibility index (Phi) is 4.10. The average molecular weight is 248 g/mol. The van der Waals surface area contributed by atoms with E-state index >= 15 is 0 Å². The number of alkyl halides is 1. The number of halogens is 2. The minimum Gasteiger partial charge on any atom is -0.0925 e. The second kappa shape index (κ2) is 4.88. The van der Waals surface area contributed by atoms with Crippen molar-refractivity contribution in [1.82, 2.24) is 0 Å². The Labute approximate surface area is 87.1 Å². The molecule has 1 aromatic carbocycles. The van der Waals surface area contributed by atoms with Gasteiger partial charge in [-0.1, -0.05) is 46.6 Å². The van der Waals surface area contributed by atoms with Gasteiger partial charge in [0.2, 0.25) is 0 Å². The van der Waals surface area contributed by atoms with Gasteiger partial charge in [-0.15, -0.1) is 0 Å². The van der Waals surface area contributed by atoms with Crippen LogP contribution < -0.4 is 0 Å². The molecule has 0 radical (unpaired) electrons. The maximum absolute atomic E-state index is 5.86. The van der Waals surface area contributed by atoms with Gasteiger partial charge in [0.25, 0.3) is 0 Å². The zero-order valence-corrected chi connectivity index (χ0v) is 9.40. The normalized spacial score (nSPS) is 12.9. The summed E-state index contributed by atoms with van der Waals surface area (Å²) in [4.78, 5) is 0. The standard InChI is InChI=1S/C10H12BrCl/c1-8(7-11)5-9-3-2-4-10(12)6-9/h2-4,6,8H,5,7H2,1H3. The molecule has 1 rings (SSSR count). The van der Waals surface area contributed by atoms with Crippen molar-refractivity contribution in [2.75, 3.05) is 5.33 Å². The van der Waals surface area contributed by atoms with E-state index in [1.807, 2.05) is 18.2 Å². The third-order valence-electron chi connectivity index (χ3n) is 1.74. The molecule has 2 heteroatoms. The summed E-state index contributed by atoms with van der Waals surface area (Å²) in [5, 5.41) is 1.87. The summed E-state index contributed by atoms with van der Waals surface area (Å²) in [5.74, 6) is 0.670. The van der Waals surface area contributed by atoms with E-state index < -0.39 is 0 Å². The van der Waals surface area contributed by atoms with Crippen LogP contribution in [0.2, 0.25) is 5.02 Å². The van der Waals surface area contributed by atoms with E-state index in [4.69, 9.17) is 11.6 Å². The summed E-state index contributed by atoms with van der Waals surface area (Å²) in [6, 6.07) is 8.05. The third-order valence-corrected chi connectivity index (χ3v) is 3.08. The highest BCUT2D eigenvalue weighted by Crippen LogP contribution is 2.15. The van der Waals surface area contributed by atoms with E-state index in [2.05, 4.69) is 28.9 Å². The van der Waals surface area contributed by atoms with Crippen molar-refractivity contribution in [2.24, 2.45) is 5.92 Å². The maximum atomic E-state index is 5.86. The van der Waals surface area contributed by atoms with Gasteiger partial charge in [-0.2, -0.15) is 0 Å². The molecule has 0 bridgehead atoms. The van der Waals surface area contributed by atoms with E-state index in [0.29, 0.717) is 5.92 Å². The lowest BCUT2D eigenvalue weighted by molar-refractivity contribution is 0.663. The fraction of sp³-hybridized carbons (Fsp3) is 0.400. The molecular weight excluding hydrogens is 235 g/mol. The van der Waals surface area contributed by atoms with Gasteiger partial charge >= 0.3 is 0 Å². The predicted octanol–water partition coefficient (Wildman–Crippen LogP) is 3.91. The van der Waals surface area contributed by atoms with Crippen LogP contribution in [-0.4, -0.2) is 5.33 Å². The Bertz CT molecular complexity index is 247. The van der Waals surface area contributed by atoms with Crippen LogP contribution in [0.5, 0.6) is 0 Å². The topological polar surface area (TPSA) is 0 Å². The Morgan fingerprint density at radius 3 is 2.83 bits per heavy atom. The number of rotatable bonds is 3. The van der Waals surface area contributed by atoms with Gasteiger partial charge in [-0.3, -0.25) is 0 Å². The summed E-state index contributed by atoms with van der Waals surface area (Å²) >= 11 is 9.32. The van der Waals surface area contributed by atoms with Gasteiger partial charge in [0.05, 0.1) is 0 Å². The SMILES string of the molecule is CC(CBr)Cc1cccc(Cl)c1. The zero-order valence-electron chi connectivity index (χ0n) is 7.06. The highest BCUT2D eigenvalue weighted by atomic mass is 79.9. The summed E-state index contributed by atoms with van der Waals surface area (Å²) in [7, 11) is 0. The van der Waals surface area contributed by atoms with Gasteiger partial charge in [0.1, 0.15) is 0 Å². The highest BCUT2D eigenvalue weighted by Gasteiger charge is 2.01. The van der Waals surface area contributed by atoms with Gasteiger partial charge in [-0.25, -0.2) is 0 Å². The first-order chi connectivity index (χ1) is 5.72. The van der Waals surface area contributed by atoms with E-state index in [-0.39, 0.29) is 0 Å². The third kappa shape index (κ3) is 3.16. The molecule has 0 aliphatic rings. The lowest BCUT2D eigenvalue weighted by atomic mass is 10.0. The maximum Gasteiger partial charge on any atom is 0.0408 e. The fourth-order valence-corrected chi connectivity index (χ4v) is 1.56. The zero-order chi connectivity index (χ0) is 8.97. The van der Waals surface area contributed by atoms with E-state index in [0.717, 1.165) is 16.8 Å². The molecule has 0 aliphatic carbocycles. The van der Waals surface area contributed by atoms with Crippen LogP contribution in [-0.2, 0) is 6.42 Å². The number of hydrogen-bond acceptors (Lipinski definition) is 0. The van der Waals surface area contributed by atoms with Crippen molar-refractivity contribution in [3.63, 3.8) is 0 Å². The van der Waals surface area contributed by atoms with Gasteiger partial charge < -0.3 is 0 Å². The van der Waals surface area contributed by atoms with Crippen molar-refractivity contribution in [1.29, 1.82) is 0 Å². The van der Waals surface area contributed by atoms with E-state index in [1.54, 1.807) is 0 Å². The Hall–Kier alpha value is -0.0100. The molecule has 0 aliphatic heterocycles. The Balaban J connectivity index is 2.63. The van der Waals surface area contributed by atoms with Crippen LogP contribution in [0.1, 0.15) is 12.5 Å². The highest BCUT2D eigenvalue weighted by molar-refractivity contribution is 9.09. The minimum atomic E-state index is 0.670. The lowest BCUT2D eigenvalue weighted by Gasteiger charge is -2.06. The van der Waals surface area contributed by atoms with Crippen LogP contribution in [0, 0.1) is 5.92 Å². The summed E-state index contributed by atoms with van der Waals surface area (Å²) in [6.07, 6.45) is 1.09. The second-order valence-electron chi connectivity index (χ2n) is 3.09. The molecule has 0 amide bonds. The molecular formula is C10H12BrCl. The molecule has 0 saturated heterocycles. The van der Waals surface area contributed by atoms with Crippen molar-refractivity contribution in [3.8, 4) is 0 Å². The van der Waals surface area contributed by atoms with Gasteiger partial charge in [-0.05, 0) is 30.0 Å². The molecule has 0 N–H and O–H groups in total. The molecule has 0 heterocycles. The van der Waals surface area contributed by atoms with Crippen LogP contribution in [0.4, 0.5) is 0 Å². The molecule has 1 unspecified atom stereocenters. The quantitative estimate of drug-likeness (QED) is 0.711. The van der Waals surface area contributed by atoms with E-state index in [9.17, 15) is 0 Å². The van der Waals surface area contributed by atoms with Crippen molar-refractivity contribution >= 4 is 27.5 Å². The van der Waals surface area contributed by atoms with Gasteiger partial charge in [0.15, 0.2) is 0 Å². The molecule has 66 valence electrons. The van der Waals surface area contributed by atoms with Crippen LogP contribution >= 0.6 is 27.5 Å². The first-order valence-electron chi connectivity index (χ1n) is 4.03. The summed E-state index contributed by atoms with van der Waals surface area (Å²) in [6.45, 7) is 2.22. The molecule has 12 heavy (non-hydrogen) atoms.